The van der Waals surface area contributed by atoms with Gasteiger partial charge in [-0.15, -0.1) is 11.3 Å². The van der Waals surface area contributed by atoms with E-state index in [1.54, 1.807) is 13.0 Å². The number of carboxylic acid groups (broad SMARTS) is 1. The topological polar surface area (TPSA) is 100 Å². The first-order chi connectivity index (χ1) is 13.7. The minimum absolute atomic E-state index is 0.112. The van der Waals surface area contributed by atoms with Crippen LogP contribution in [0.25, 0.3) is 0 Å². The van der Waals surface area contributed by atoms with Crippen molar-refractivity contribution < 1.29 is 23.8 Å². The van der Waals surface area contributed by atoms with Crippen LogP contribution < -0.4 is 5.32 Å². The van der Waals surface area contributed by atoms with E-state index in [0.717, 1.165) is 17.4 Å². The van der Waals surface area contributed by atoms with E-state index in [2.05, 4.69) is 31.3 Å². The number of carboxylic acids is 1. The molecule has 3 rings (SSSR count). The van der Waals surface area contributed by atoms with Gasteiger partial charge in [-0.05, 0) is 40.5 Å². The van der Waals surface area contributed by atoms with Crippen molar-refractivity contribution in [2.24, 2.45) is 0 Å². The van der Waals surface area contributed by atoms with E-state index in [0.29, 0.717) is 15.4 Å². The lowest BCUT2D eigenvalue weighted by molar-refractivity contribution is -0.0206. The van der Waals surface area contributed by atoms with Gasteiger partial charge >= 0.3 is 5.97 Å². The van der Waals surface area contributed by atoms with Gasteiger partial charge in [-0.3, -0.25) is 0 Å². The van der Waals surface area contributed by atoms with Crippen LogP contribution in [0.5, 0.6) is 0 Å². The van der Waals surface area contributed by atoms with Crippen LogP contribution in [0.2, 0.25) is 0 Å². The van der Waals surface area contributed by atoms with Gasteiger partial charge in [0.25, 0.3) is 0 Å². The summed E-state index contributed by atoms with van der Waals surface area (Å²) in [6.07, 6.45) is 2.65. The van der Waals surface area contributed by atoms with E-state index < -0.39 is 29.2 Å². The quantitative estimate of drug-likeness (QED) is 0.452. The molecule has 0 spiro atoms. The van der Waals surface area contributed by atoms with Gasteiger partial charge in [-0.1, -0.05) is 6.07 Å². The van der Waals surface area contributed by atoms with Crippen molar-refractivity contribution in [1.29, 1.82) is 0 Å². The maximum atomic E-state index is 14.5. The molecule has 0 aliphatic heterocycles. The van der Waals surface area contributed by atoms with Crippen molar-refractivity contribution in [1.82, 2.24) is 20.1 Å². The van der Waals surface area contributed by atoms with Crippen LogP contribution in [0.15, 0.2) is 40.7 Å². The van der Waals surface area contributed by atoms with Crippen LogP contribution in [0.1, 0.15) is 27.7 Å². The van der Waals surface area contributed by atoms with E-state index >= 15 is 0 Å². The zero-order valence-corrected chi connectivity index (χ0v) is 17.5. The molecule has 0 unspecified atom stereocenters. The predicted octanol–water partition coefficient (Wildman–Crippen LogP) is 3.14. The molecule has 2 atom stereocenters. The predicted molar refractivity (Wildman–Crippen MR) is 106 cm³/mol. The van der Waals surface area contributed by atoms with Gasteiger partial charge in [0.05, 0.1) is 10.3 Å². The van der Waals surface area contributed by atoms with E-state index in [1.165, 1.54) is 23.4 Å². The number of rotatable bonds is 8. The van der Waals surface area contributed by atoms with Gasteiger partial charge < -0.3 is 15.5 Å². The molecule has 0 saturated carbocycles. The highest BCUT2D eigenvalue weighted by atomic mass is 79.9. The summed E-state index contributed by atoms with van der Waals surface area (Å²) >= 11 is 4.34. The number of nitrogens with one attached hydrogen (secondary N) is 1. The van der Waals surface area contributed by atoms with Crippen molar-refractivity contribution in [2.75, 3.05) is 0 Å². The molecule has 154 valence electrons. The molecule has 0 fully saturated rings. The summed E-state index contributed by atoms with van der Waals surface area (Å²) in [4.78, 5) is 15.4. The van der Waals surface area contributed by atoms with Crippen LogP contribution in [0, 0.1) is 11.6 Å². The van der Waals surface area contributed by atoms with Crippen molar-refractivity contribution >= 4 is 33.2 Å². The number of aromatic carboxylic acids is 1. The van der Waals surface area contributed by atoms with E-state index in [9.17, 15) is 23.8 Å². The monoisotopic (exact) mass is 486 g/mol. The number of halogens is 3. The third-order valence-corrected chi connectivity index (χ3v) is 6.22. The fraction of sp³-hybridized carbons (Fsp3) is 0.278. The summed E-state index contributed by atoms with van der Waals surface area (Å²) in [7, 11) is 0. The first-order valence-electron chi connectivity index (χ1n) is 8.46. The molecule has 29 heavy (non-hydrogen) atoms. The van der Waals surface area contributed by atoms with Crippen LogP contribution in [0.3, 0.4) is 0 Å². The molecule has 1 aromatic carbocycles. The van der Waals surface area contributed by atoms with Crippen LogP contribution >= 0.6 is 27.3 Å². The number of aliphatic hydroxyl groups is 1. The SMILES string of the molecule is C[C@@H](NCc1cc(Br)sc1C(=O)O)[C@](O)(Cn1cncn1)c1ccc(F)cc1F. The number of aromatic nitrogens is 3. The maximum absolute atomic E-state index is 14.5. The number of nitrogens with zero attached hydrogens (tertiary/aromatic N) is 3. The summed E-state index contributed by atoms with van der Waals surface area (Å²) in [6.45, 7) is 1.60. The highest BCUT2D eigenvalue weighted by Crippen LogP contribution is 2.31. The Bertz CT molecular complexity index is 1010. The van der Waals surface area contributed by atoms with E-state index in [4.69, 9.17) is 0 Å². The lowest BCUT2D eigenvalue weighted by Gasteiger charge is -2.35. The zero-order chi connectivity index (χ0) is 21.2. The van der Waals surface area contributed by atoms with Gasteiger partial charge in [0.2, 0.25) is 0 Å². The van der Waals surface area contributed by atoms with Gasteiger partial charge in [0.15, 0.2) is 0 Å². The second-order valence-corrected chi connectivity index (χ2v) is 8.89. The molecule has 0 aliphatic carbocycles. The Labute approximate surface area is 177 Å². The summed E-state index contributed by atoms with van der Waals surface area (Å²) in [5, 5.41) is 27.8. The average Bonchev–Trinajstić information content (AvgIpc) is 3.28. The summed E-state index contributed by atoms with van der Waals surface area (Å²) in [6, 6.07) is 3.86. The minimum Gasteiger partial charge on any atom is -0.477 e. The van der Waals surface area contributed by atoms with Crippen LogP contribution in [0.4, 0.5) is 8.78 Å². The summed E-state index contributed by atoms with van der Waals surface area (Å²) in [5.74, 6) is -2.72. The largest absolute Gasteiger partial charge is 0.477 e. The first-order valence-corrected chi connectivity index (χ1v) is 10.1. The number of benzene rings is 1. The Morgan fingerprint density at radius 2 is 2.17 bits per heavy atom. The second-order valence-electron chi connectivity index (χ2n) is 6.45. The highest BCUT2D eigenvalue weighted by molar-refractivity contribution is 9.11. The molecule has 2 heterocycles. The molecule has 0 aliphatic rings. The average molecular weight is 487 g/mol. The van der Waals surface area contributed by atoms with E-state index in [-0.39, 0.29) is 23.5 Å². The third-order valence-electron chi connectivity index (χ3n) is 4.56. The fourth-order valence-corrected chi connectivity index (χ4v) is 4.50. The van der Waals surface area contributed by atoms with Gasteiger partial charge in [-0.25, -0.2) is 23.2 Å². The number of hydrogen-bond donors (Lipinski definition) is 3. The van der Waals surface area contributed by atoms with Crippen LogP contribution in [-0.4, -0.2) is 37.0 Å². The van der Waals surface area contributed by atoms with Gasteiger partial charge in [0, 0.05) is 24.2 Å². The Morgan fingerprint density at radius 3 is 2.79 bits per heavy atom. The molecule has 0 radical (unpaired) electrons. The first kappa shape index (κ1) is 21.5. The Hall–Kier alpha value is -2.21. The molecule has 3 aromatic rings. The highest BCUT2D eigenvalue weighted by Gasteiger charge is 2.39. The van der Waals surface area contributed by atoms with Crippen molar-refractivity contribution in [3.8, 4) is 0 Å². The standard InChI is InChI=1S/C18H17BrF2N4O3S/c1-10(23-6-11-4-15(19)29-16(11)17(26)27)18(28,7-25-9-22-8-24-25)13-3-2-12(20)5-14(13)21/h2-5,8-10,23,28H,6-7H2,1H3,(H,26,27)/t10-,18-/m1/s1. The zero-order valence-electron chi connectivity index (χ0n) is 15.1. The number of thiophene rings is 1. The maximum Gasteiger partial charge on any atom is 0.346 e. The number of carbonyl (C=O) groups is 1. The Balaban J connectivity index is 1.90. The van der Waals surface area contributed by atoms with E-state index in [1.807, 2.05) is 0 Å². The molecule has 3 N–H and O–H groups in total. The fourth-order valence-electron chi connectivity index (χ4n) is 3.00. The summed E-state index contributed by atoms with van der Waals surface area (Å²) in [5.41, 5.74) is -1.41. The normalized spacial score (nSPS) is 14.5. The molecule has 0 bridgehead atoms. The minimum atomic E-state index is -1.82. The van der Waals surface area contributed by atoms with Gasteiger partial charge in [0.1, 0.15) is 34.8 Å². The third kappa shape index (κ3) is 4.69. The van der Waals surface area contributed by atoms with Crippen molar-refractivity contribution in [3.05, 3.63) is 68.3 Å². The Morgan fingerprint density at radius 1 is 1.41 bits per heavy atom. The molecular weight excluding hydrogens is 470 g/mol. The second kappa shape index (κ2) is 8.66. The molecule has 7 nitrogen and oxygen atoms in total. The smallest absolute Gasteiger partial charge is 0.346 e. The van der Waals surface area contributed by atoms with Crippen molar-refractivity contribution in [2.45, 2.75) is 31.7 Å². The van der Waals surface area contributed by atoms with Crippen LogP contribution in [-0.2, 0) is 18.7 Å². The molecule has 2 aromatic heterocycles. The molecular formula is C18H17BrF2N4O3S. The lowest BCUT2D eigenvalue weighted by Crippen LogP contribution is -2.50. The Kier molecular flexibility index (Phi) is 6.42. The van der Waals surface area contributed by atoms with Crippen molar-refractivity contribution in [3.63, 3.8) is 0 Å². The molecule has 11 heteroatoms. The lowest BCUT2D eigenvalue weighted by atomic mass is 9.86. The molecule has 0 amide bonds. The molecule has 0 saturated heterocycles. The number of hydrogen-bond acceptors (Lipinski definition) is 6. The van der Waals surface area contributed by atoms with Gasteiger partial charge in [-0.2, -0.15) is 5.10 Å². The summed E-state index contributed by atoms with van der Waals surface area (Å²) < 4.78 is 29.9.